The molecule has 0 saturated carbocycles. The Hall–Kier alpha value is -7.58. The fourth-order valence-corrected chi connectivity index (χ4v) is 9.17. The van der Waals surface area contributed by atoms with Crippen molar-refractivity contribution in [3.05, 3.63) is 103 Å². The molecule has 19 nitrogen and oxygen atoms in total. The molecule has 4 atom stereocenters. The van der Waals surface area contributed by atoms with Crippen molar-refractivity contribution in [2.45, 2.75) is 45.8 Å². The molecule has 2 aromatic carbocycles. The largest absolute Gasteiger partial charge is 0.473 e. The predicted molar refractivity (Wildman–Crippen MR) is 248 cm³/mol. The molecule has 372 valence electrons. The Morgan fingerprint density at radius 3 is 1.61 bits per heavy atom. The number of hydrogen-bond acceptors (Lipinski definition) is 16. The quantitative estimate of drug-likeness (QED) is 0.0387. The summed E-state index contributed by atoms with van der Waals surface area (Å²) in [6.45, 7) is 12.3. The summed E-state index contributed by atoms with van der Waals surface area (Å²) >= 11 is 0. The molecule has 4 fully saturated rings. The summed E-state index contributed by atoms with van der Waals surface area (Å²) < 4.78 is 88.2. The van der Waals surface area contributed by atoms with Gasteiger partial charge < -0.3 is 44.2 Å². The molecule has 4 aliphatic heterocycles. The number of nitrogens with two attached hydrogens (primary N) is 1. The van der Waals surface area contributed by atoms with E-state index in [1.807, 2.05) is 27.7 Å². The smallest absolute Gasteiger partial charge is 0.324 e. The van der Waals surface area contributed by atoms with Crippen molar-refractivity contribution in [2.24, 2.45) is 40.5 Å². The maximum atomic E-state index is 14.4. The number of ether oxygens (including phenoxy) is 4. The van der Waals surface area contributed by atoms with Gasteiger partial charge in [0.25, 0.3) is 0 Å². The van der Waals surface area contributed by atoms with Gasteiger partial charge in [-0.3, -0.25) is 9.13 Å². The van der Waals surface area contributed by atoms with Crippen molar-refractivity contribution in [2.75, 3.05) is 57.5 Å². The number of aromatic nitrogens is 8. The first-order valence-electron chi connectivity index (χ1n) is 23.0. The highest BCUT2D eigenvalue weighted by Gasteiger charge is 2.45. The number of nitriles is 1. The third-order valence-electron chi connectivity index (χ3n) is 12.8. The molecule has 11 rings (SSSR count). The molecule has 5 aromatic heterocycles. The average Bonchev–Trinajstić information content (AvgIpc) is 4.12. The minimum Gasteiger partial charge on any atom is -0.473 e. The van der Waals surface area contributed by atoms with Gasteiger partial charge in [-0.05, 0) is 36.4 Å². The number of nitrogens with zero attached hydrogens (tertiary/aromatic N) is 12. The number of rotatable bonds is 9. The van der Waals surface area contributed by atoms with Crippen LogP contribution in [0.5, 0.6) is 11.8 Å². The van der Waals surface area contributed by atoms with Crippen LogP contribution in [0.25, 0.3) is 33.4 Å². The van der Waals surface area contributed by atoms with Crippen LogP contribution in [0, 0.1) is 64.3 Å². The van der Waals surface area contributed by atoms with E-state index in [-0.39, 0.29) is 64.9 Å². The molecule has 71 heavy (non-hydrogen) atoms. The van der Waals surface area contributed by atoms with Crippen LogP contribution in [0.4, 0.5) is 23.6 Å². The highest BCUT2D eigenvalue weighted by atomic mass is 19.1. The molecule has 4 saturated heterocycles. The van der Waals surface area contributed by atoms with Crippen LogP contribution in [0.15, 0.2) is 83.3 Å². The van der Waals surface area contributed by atoms with Gasteiger partial charge in [0.05, 0.1) is 48.6 Å². The summed E-state index contributed by atoms with van der Waals surface area (Å²) in [6.07, 6.45) is 8.05. The van der Waals surface area contributed by atoms with E-state index in [2.05, 4.69) is 46.3 Å². The molecule has 0 aliphatic carbocycles. The molecule has 4 unspecified atom stereocenters. The van der Waals surface area contributed by atoms with Gasteiger partial charge in [0.1, 0.15) is 54.0 Å². The van der Waals surface area contributed by atoms with Crippen molar-refractivity contribution in [1.82, 2.24) is 44.1 Å². The molecule has 0 spiro atoms. The van der Waals surface area contributed by atoms with Gasteiger partial charge in [0, 0.05) is 86.2 Å². The number of piperidine rings is 2. The van der Waals surface area contributed by atoms with Gasteiger partial charge in [-0.15, -0.1) is 0 Å². The minimum atomic E-state index is -0.681. The van der Waals surface area contributed by atoms with Crippen LogP contribution in [0.3, 0.4) is 0 Å². The fraction of sp³-hybridized carbons (Fsp3) is 0.417. The van der Waals surface area contributed by atoms with E-state index in [4.69, 9.17) is 34.4 Å². The SMILES string of the molecule is CC(C)C(N)=NO.CC(C)c1noc(N2CC3COCC(C2)C3Oc2ncnc3c2ccn3-c2ccc(F)cc2F)n1.N#CN1CC2COCC(C1)C2Oc1ncnc2c1ccn2-c1ccc(F)cc1F. The van der Waals surface area contributed by atoms with Crippen LogP contribution < -0.4 is 20.1 Å². The predicted octanol–water partition coefficient (Wildman–Crippen LogP) is 6.63. The molecule has 3 N–H and O–H groups in total. The first kappa shape index (κ1) is 48.4. The summed E-state index contributed by atoms with van der Waals surface area (Å²) in [6, 6.07) is 10.9. The summed E-state index contributed by atoms with van der Waals surface area (Å²) in [4.78, 5) is 25.6. The lowest BCUT2D eigenvalue weighted by molar-refractivity contribution is -0.104. The van der Waals surface area contributed by atoms with Gasteiger partial charge in [-0.1, -0.05) is 38.0 Å². The molecule has 23 heteroatoms. The Kier molecular flexibility index (Phi) is 14.2. The van der Waals surface area contributed by atoms with Crippen LogP contribution in [-0.2, 0) is 9.47 Å². The van der Waals surface area contributed by atoms with Crippen LogP contribution in [0.2, 0.25) is 0 Å². The summed E-state index contributed by atoms with van der Waals surface area (Å²) in [5.74, 6) is -0.258. The Bertz CT molecular complexity index is 3040. The minimum absolute atomic E-state index is 0.0591. The van der Waals surface area contributed by atoms with Crippen molar-refractivity contribution in [1.29, 1.82) is 5.26 Å². The Labute approximate surface area is 404 Å². The van der Waals surface area contributed by atoms with Gasteiger partial charge in [0.2, 0.25) is 11.8 Å². The van der Waals surface area contributed by atoms with Crippen molar-refractivity contribution in [3.8, 4) is 29.3 Å². The number of oxime groups is 1. The number of amidine groups is 1. The molecule has 9 heterocycles. The molecule has 0 amide bonds. The molecule has 0 radical (unpaired) electrons. The third-order valence-corrected chi connectivity index (χ3v) is 12.8. The maximum absolute atomic E-state index is 14.4. The lowest BCUT2D eigenvalue weighted by Crippen LogP contribution is -2.57. The van der Waals surface area contributed by atoms with Gasteiger partial charge in [-0.25, -0.2) is 37.5 Å². The second-order valence-electron chi connectivity index (χ2n) is 18.4. The molecular weight excluding hydrogens is 931 g/mol. The molecule has 4 bridgehead atoms. The highest BCUT2D eigenvalue weighted by molar-refractivity contribution is 5.84. The Balaban J connectivity index is 0.000000157. The second-order valence-corrected chi connectivity index (χ2v) is 18.4. The Morgan fingerprint density at radius 2 is 1.21 bits per heavy atom. The average molecular weight is 982 g/mol. The Morgan fingerprint density at radius 1 is 0.732 bits per heavy atom. The van der Waals surface area contributed by atoms with E-state index >= 15 is 0 Å². The second kappa shape index (κ2) is 20.8. The van der Waals surface area contributed by atoms with Crippen LogP contribution >= 0.6 is 0 Å². The summed E-state index contributed by atoms with van der Waals surface area (Å²) in [5.41, 5.74) is 6.46. The standard InChI is InChI=1S/C24H24F2N6O3.C20H17F2N5O2.C4H10N2O/c1-13(2)21-29-24(35-30-21)31-8-14-10-33-11-15(9-31)20(14)34-23-17-5-6-32(22(17)27-12-28-23)19-4-3-16(25)7-18(19)26;21-14-1-2-17(16(22)5-14)27-4-3-15-19(27)24-11-25-20(15)29-18-12-6-26(10-23)7-13(18)9-28-8-12;1-3(2)4(5)6-7/h3-7,12-15,20H,8-11H2,1-2H3;1-5,11-13,18H,6-9H2;3,7H,1-2H3,(H2,5,6). The van der Waals surface area contributed by atoms with Crippen molar-refractivity contribution >= 4 is 33.9 Å². The van der Waals surface area contributed by atoms with E-state index in [0.29, 0.717) is 98.3 Å². The van der Waals surface area contributed by atoms with Crippen molar-refractivity contribution in [3.63, 3.8) is 0 Å². The lowest BCUT2D eigenvalue weighted by Gasteiger charge is -2.45. The normalized spacial score (nSPS) is 21.9. The van der Waals surface area contributed by atoms with E-state index in [1.165, 1.54) is 36.9 Å². The summed E-state index contributed by atoms with van der Waals surface area (Å²) in [7, 11) is 0. The zero-order valence-corrected chi connectivity index (χ0v) is 39.1. The highest BCUT2D eigenvalue weighted by Crippen LogP contribution is 2.37. The molecule has 4 aliphatic rings. The van der Waals surface area contributed by atoms with E-state index in [1.54, 1.807) is 38.6 Å². The molecule has 7 aromatic rings. The van der Waals surface area contributed by atoms with Gasteiger partial charge in [-0.2, -0.15) is 10.2 Å². The van der Waals surface area contributed by atoms with E-state index in [0.717, 1.165) is 12.1 Å². The topological polar surface area (TPSA) is 226 Å². The maximum Gasteiger partial charge on any atom is 0.324 e. The first-order chi connectivity index (χ1) is 34.3. The number of benzene rings is 2. The summed E-state index contributed by atoms with van der Waals surface area (Å²) in [5, 5.41) is 25.4. The number of halogens is 4. The first-order valence-corrected chi connectivity index (χ1v) is 23.0. The van der Waals surface area contributed by atoms with E-state index in [9.17, 15) is 22.8 Å². The molecular formula is C48H51F4N13O6. The zero-order valence-electron chi connectivity index (χ0n) is 39.1. The van der Waals surface area contributed by atoms with Crippen molar-refractivity contribution < 1.29 is 46.2 Å². The van der Waals surface area contributed by atoms with Gasteiger partial charge >= 0.3 is 6.01 Å². The van der Waals surface area contributed by atoms with Crippen LogP contribution in [-0.4, -0.2) is 120 Å². The van der Waals surface area contributed by atoms with Crippen LogP contribution in [0.1, 0.15) is 39.4 Å². The number of likely N-dealkylation sites (tertiary alicyclic amines) is 1. The van der Waals surface area contributed by atoms with Gasteiger partial charge in [0.15, 0.2) is 23.3 Å². The fourth-order valence-electron chi connectivity index (χ4n) is 9.17. The monoisotopic (exact) mass is 981 g/mol. The van der Waals surface area contributed by atoms with E-state index < -0.39 is 23.3 Å². The number of anilines is 1. The number of fused-ring (bicyclic) bond motifs is 6. The lowest BCUT2D eigenvalue weighted by atomic mass is 9.84. The number of hydrogen-bond donors (Lipinski definition) is 2. The third kappa shape index (κ3) is 10.2. The zero-order chi connectivity index (χ0) is 49.9.